The van der Waals surface area contributed by atoms with Gasteiger partial charge in [0.1, 0.15) is 0 Å². The summed E-state index contributed by atoms with van der Waals surface area (Å²) in [6, 6.07) is 0. The van der Waals surface area contributed by atoms with Gasteiger partial charge in [-0.2, -0.15) is 0 Å². The Labute approximate surface area is 132 Å². The Morgan fingerprint density at radius 3 is 1.71 bits per heavy atom. The van der Waals surface area contributed by atoms with E-state index < -0.39 is 0 Å². The fraction of sp³-hybridized carbons (Fsp3) is 0.944. The summed E-state index contributed by atoms with van der Waals surface area (Å²) in [6.07, 6.45) is 16.4. The summed E-state index contributed by atoms with van der Waals surface area (Å²) in [5.74, 6) is -0.142. The summed E-state index contributed by atoms with van der Waals surface area (Å²) in [7, 11) is 0. The first kappa shape index (κ1) is 20.4. The molecule has 0 unspecified atom stereocenters. The zero-order chi connectivity index (χ0) is 15.6. The minimum absolute atomic E-state index is 0.142. The molecule has 21 heavy (non-hydrogen) atoms. The largest absolute Gasteiger partial charge is 0.465 e. The molecular weight excluding hydrogens is 262 g/mol. The molecule has 0 aliphatic rings. The lowest BCUT2D eigenvalue weighted by Crippen LogP contribution is -2.25. The average Bonchev–Trinajstić information content (AvgIpc) is 2.48. The van der Waals surface area contributed by atoms with Crippen LogP contribution in [0.3, 0.4) is 0 Å². The summed E-state index contributed by atoms with van der Waals surface area (Å²) < 4.78 is 4.85. The molecule has 1 N–H and O–H groups in total. The number of carbonyl (C=O) groups is 1. The monoisotopic (exact) mass is 299 g/mol. The van der Waals surface area contributed by atoms with Crippen molar-refractivity contribution in [3.63, 3.8) is 0 Å². The van der Waals surface area contributed by atoms with Crippen LogP contribution >= 0.6 is 0 Å². The van der Waals surface area contributed by atoms with Gasteiger partial charge in [0.25, 0.3) is 0 Å². The second kappa shape index (κ2) is 17.5. The molecule has 3 nitrogen and oxygen atoms in total. The molecule has 0 heterocycles. The maximum absolute atomic E-state index is 11.1. The summed E-state index contributed by atoms with van der Waals surface area (Å²) in [5, 5.41) is 3.13. The van der Waals surface area contributed by atoms with Crippen molar-refractivity contribution in [3.8, 4) is 0 Å². The molecule has 0 aromatic heterocycles. The van der Waals surface area contributed by atoms with Gasteiger partial charge < -0.3 is 10.1 Å². The highest BCUT2D eigenvalue weighted by Gasteiger charge is 1.99. The number of carbonyl (C=O) groups excluding carboxylic acids is 1. The third-order valence-electron chi connectivity index (χ3n) is 3.78. The van der Waals surface area contributed by atoms with Gasteiger partial charge in [0.15, 0.2) is 0 Å². The summed E-state index contributed by atoms with van der Waals surface area (Å²) in [6.45, 7) is 5.86. The minimum atomic E-state index is -0.142. The van der Waals surface area contributed by atoms with Gasteiger partial charge in [-0.1, -0.05) is 77.6 Å². The standard InChI is InChI=1S/C18H37NO2/c1-3-5-6-7-8-9-10-11-12-13-14-15-16-19-17-18(20)21-4-2/h19H,3-17H2,1-2H3. The van der Waals surface area contributed by atoms with Crippen LogP contribution < -0.4 is 5.32 Å². The van der Waals surface area contributed by atoms with E-state index in [2.05, 4.69) is 12.2 Å². The van der Waals surface area contributed by atoms with Crippen molar-refractivity contribution in [1.82, 2.24) is 5.32 Å². The summed E-state index contributed by atoms with van der Waals surface area (Å²) in [5.41, 5.74) is 0. The Bertz CT molecular complexity index is 219. The first-order valence-electron chi connectivity index (χ1n) is 9.17. The van der Waals surface area contributed by atoms with Crippen LogP contribution in [0.4, 0.5) is 0 Å². The molecule has 0 saturated carbocycles. The highest BCUT2D eigenvalue weighted by molar-refractivity contribution is 5.71. The van der Waals surface area contributed by atoms with Gasteiger partial charge >= 0.3 is 5.97 Å². The van der Waals surface area contributed by atoms with Crippen molar-refractivity contribution < 1.29 is 9.53 Å². The molecular formula is C18H37NO2. The van der Waals surface area contributed by atoms with Gasteiger partial charge in [-0.25, -0.2) is 0 Å². The SMILES string of the molecule is CCCCCCCCCCCCCCNCC(=O)OCC. The van der Waals surface area contributed by atoms with E-state index in [1.807, 2.05) is 6.92 Å². The van der Waals surface area contributed by atoms with Crippen LogP contribution in [-0.4, -0.2) is 25.7 Å². The molecule has 0 aromatic carbocycles. The molecule has 0 aromatic rings. The van der Waals surface area contributed by atoms with E-state index >= 15 is 0 Å². The van der Waals surface area contributed by atoms with Crippen LogP contribution in [0.15, 0.2) is 0 Å². The normalized spacial score (nSPS) is 10.8. The highest BCUT2D eigenvalue weighted by atomic mass is 16.5. The van der Waals surface area contributed by atoms with Crippen LogP contribution in [-0.2, 0) is 9.53 Å². The Morgan fingerprint density at radius 1 is 0.762 bits per heavy atom. The fourth-order valence-electron chi connectivity index (χ4n) is 2.49. The van der Waals surface area contributed by atoms with Crippen molar-refractivity contribution in [3.05, 3.63) is 0 Å². The Hall–Kier alpha value is -0.570. The third-order valence-corrected chi connectivity index (χ3v) is 3.78. The van der Waals surface area contributed by atoms with Gasteiger partial charge in [0.2, 0.25) is 0 Å². The number of rotatable bonds is 16. The highest BCUT2D eigenvalue weighted by Crippen LogP contribution is 2.11. The Balaban J connectivity index is 3.01. The first-order chi connectivity index (χ1) is 10.3. The summed E-state index contributed by atoms with van der Waals surface area (Å²) >= 11 is 0. The van der Waals surface area contributed by atoms with Crippen LogP contribution in [0, 0.1) is 0 Å². The molecule has 0 bridgehead atoms. The van der Waals surface area contributed by atoms with E-state index in [9.17, 15) is 4.79 Å². The van der Waals surface area contributed by atoms with Crippen molar-refractivity contribution in [2.75, 3.05) is 19.7 Å². The van der Waals surface area contributed by atoms with Crippen molar-refractivity contribution in [1.29, 1.82) is 0 Å². The molecule has 0 aliphatic heterocycles. The molecule has 0 radical (unpaired) electrons. The van der Waals surface area contributed by atoms with Gasteiger partial charge in [0, 0.05) is 0 Å². The van der Waals surface area contributed by atoms with Gasteiger partial charge in [-0.3, -0.25) is 4.79 Å². The molecule has 0 spiro atoms. The number of nitrogens with one attached hydrogen (secondary N) is 1. The molecule has 0 saturated heterocycles. The van der Waals surface area contributed by atoms with E-state index in [0.717, 1.165) is 13.0 Å². The second-order valence-electron chi connectivity index (χ2n) is 5.87. The van der Waals surface area contributed by atoms with Crippen LogP contribution in [0.25, 0.3) is 0 Å². The van der Waals surface area contributed by atoms with E-state index in [4.69, 9.17) is 4.74 Å². The lowest BCUT2D eigenvalue weighted by molar-refractivity contribution is -0.141. The lowest BCUT2D eigenvalue weighted by Gasteiger charge is -2.05. The van der Waals surface area contributed by atoms with Crippen LogP contribution in [0.2, 0.25) is 0 Å². The van der Waals surface area contributed by atoms with Crippen LogP contribution in [0.5, 0.6) is 0 Å². The van der Waals surface area contributed by atoms with E-state index in [1.165, 1.54) is 70.6 Å². The number of esters is 1. The zero-order valence-corrected chi connectivity index (χ0v) is 14.4. The van der Waals surface area contributed by atoms with Gasteiger partial charge in [0.05, 0.1) is 13.2 Å². The molecule has 0 atom stereocenters. The minimum Gasteiger partial charge on any atom is -0.465 e. The van der Waals surface area contributed by atoms with Crippen molar-refractivity contribution in [2.45, 2.75) is 90.9 Å². The van der Waals surface area contributed by atoms with E-state index in [0.29, 0.717) is 13.2 Å². The molecule has 0 aliphatic carbocycles. The molecule has 0 amide bonds. The number of hydrogen-bond acceptors (Lipinski definition) is 3. The van der Waals surface area contributed by atoms with E-state index in [-0.39, 0.29) is 5.97 Å². The third kappa shape index (κ3) is 17.4. The molecule has 126 valence electrons. The van der Waals surface area contributed by atoms with E-state index in [1.54, 1.807) is 0 Å². The first-order valence-corrected chi connectivity index (χ1v) is 9.17. The number of hydrogen-bond donors (Lipinski definition) is 1. The maximum Gasteiger partial charge on any atom is 0.319 e. The summed E-state index contributed by atoms with van der Waals surface area (Å²) in [4.78, 5) is 11.1. The topological polar surface area (TPSA) is 38.3 Å². The Kier molecular flexibility index (Phi) is 17.0. The fourth-order valence-corrected chi connectivity index (χ4v) is 2.49. The quantitative estimate of drug-likeness (QED) is 0.327. The smallest absolute Gasteiger partial charge is 0.319 e. The second-order valence-corrected chi connectivity index (χ2v) is 5.87. The van der Waals surface area contributed by atoms with Gasteiger partial charge in [-0.15, -0.1) is 0 Å². The predicted molar refractivity (Wildman–Crippen MR) is 90.6 cm³/mol. The molecule has 3 heteroatoms. The zero-order valence-electron chi connectivity index (χ0n) is 14.4. The number of unbranched alkanes of at least 4 members (excludes halogenated alkanes) is 11. The van der Waals surface area contributed by atoms with Crippen LogP contribution in [0.1, 0.15) is 90.9 Å². The Morgan fingerprint density at radius 2 is 1.24 bits per heavy atom. The van der Waals surface area contributed by atoms with Gasteiger partial charge in [-0.05, 0) is 19.9 Å². The predicted octanol–water partition coefficient (Wildman–Crippen LogP) is 4.84. The maximum atomic E-state index is 11.1. The van der Waals surface area contributed by atoms with Crippen molar-refractivity contribution in [2.24, 2.45) is 0 Å². The average molecular weight is 299 g/mol. The molecule has 0 rings (SSSR count). The molecule has 0 fully saturated rings. The number of ether oxygens (including phenoxy) is 1. The lowest BCUT2D eigenvalue weighted by atomic mass is 10.1. The van der Waals surface area contributed by atoms with Crippen molar-refractivity contribution >= 4 is 5.97 Å².